The zero-order valence-electron chi connectivity index (χ0n) is 9.31. The van der Waals surface area contributed by atoms with E-state index in [1.54, 1.807) is 11.3 Å². The van der Waals surface area contributed by atoms with Gasteiger partial charge in [-0.3, -0.25) is 4.79 Å². The van der Waals surface area contributed by atoms with Crippen molar-refractivity contribution in [1.82, 2.24) is 0 Å². The first kappa shape index (κ1) is 13.3. The van der Waals surface area contributed by atoms with Crippen molar-refractivity contribution in [1.29, 1.82) is 0 Å². The molecule has 1 aliphatic heterocycles. The minimum Gasteiger partial charge on any atom is -0.369 e. The number of hydrogen-bond acceptors (Lipinski definition) is 3. The van der Waals surface area contributed by atoms with Gasteiger partial charge in [0.1, 0.15) is 0 Å². The topological polar surface area (TPSA) is 46.3 Å². The summed E-state index contributed by atoms with van der Waals surface area (Å²) in [5.74, 6) is -0.0564. The molecular formula is C11H17ClN2OS. The lowest BCUT2D eigenvalue weighted by atomic mass is 9.96. The summed E-state index contributed by atoms with van der Waals surface area (Å²) in [6, 6.07) is 2.14. The summed E-state index contributed by atoms with van der Waals surface area (Å²) in [5, 5.41) is 3.46. The van der Waals surface area contributed by atoms with Crippen molar-refractivity contribution in [3.63, 3.8) is 0 Å². The Kier molecular flexibility index (Phi) is 4.62. The Morgan fingerprint density at radius 3 is 2.56 bits per heavy atom. The molecule has 0 atom stereocenters. The van der Waals surface area contributed by atoms with Gasteiger partial charge in [0.15, 0.2) is 0 Å². The molecule has 3 nitrogen and oxygen atoms in total. The minimum absolute atomic E-state index is 0. The molecule has 1 aromatic rings. The Bertz CT molecular complexity index is 359. The van der Waals surface area contributed by atoms with Gasteiger partial charge >= 0.3 is 0 Å². The lowest BCUT2D eigenvalue weighted by Crippen LogP contribution is -2.38. The molecule has 0 aromatic carbocycles. The quantitative estimate of drug-likeness (QED) is 0.886. The number of nitrogens with zero attached hydrogens (tertiary/aromatic N) is 1. The predicted molar refractivity (Wildman–Crippen MR) is 70.4 cm³/mol. The van der Waals surface area contributed by atoms with E-state index in [4.69, 9.17) is 5.73 Å². The van der Waals surface area contributed by atoms with Gasteiger partial charge in [-0.15, -0.1) is 23.7 Å². The highest BCUT2D eigenvalue weighted by atomic mass is 35.5. The number of aryl methyl sites for hydroxylation is 1. The van der Waals surface area contributed by atoms with Crippen LogP contribution in [0.2, 0.25) is 0 Å². The van der Waals surface area contributed by atoms with Crippen LogP contribution in [0.25, 0.3) is 0 Å². The number of piperidine rings is 1. The third-order valence-corrected chi connectivity index (χ3v) is 4.10. The summed E-state index contributed by atoms with van der Waals surface area (Å²) < 4.78 is 0. The second-order valence-corrected chi connectivity index (χ2v) is 4.97. The number of primary amides is 1. The SMILES string of the molecule is Cc1ccsc1N1CCC(C(N)=O)CC1.Cl. The van der Waals surface area contributed by atoms with Crippen LogP contribution in [0.15, 0.2) is 11.4 Å². The maximum absolute atomic E-state index is 11.0. The van der Waals surface area contributed by atoms with E-state index in [2.05, 4.69) is 23.3 Å². The molecule has 0 bridgehead atoms. The molecule has 2 rings (SSSR count). The van der Waals surface area contributed by atoms with Crippen LogP contribution in [0.1, 0.15) is 18.4 Å². The van der Waals surface area contributed by atoms with E-state index < -0.39 is 0 Å². The summed E-state index contributed by atoms with van der Waals surface area (Å²) in [7, 11) is 0. The Balaban J connectivity index is 0.00000128. The lowest BCUT2D eigenvalue weighted by molar-refractivity contribution is -0.122. The number of nitrogens with two attached hydrogens (primary N) is 1. The lowest BCUT2D eigenvalue weighted by Gasteiger charge is -2.31. The second-order valence-electron chi connectivity index (χ2n) is 4.07. The second kappa shape index (κ2) is 5.55. The molecule has 1 amide bonds. The van der Waals surface area contributed by atoms with Crippen molar-refractivity contribution in [2.45, 2.75) is 19.8 Å². The van der Waals surface area contributed by atoms with Crippen molar-refractivity contribution in [2.75, 3.05) is 18.0 Å². The largest absolute Gasteiger partial charge is 0.369 e. The maximum Gasteiger partial charge on any atom is 0.220 e. The molecule has 2 heterocycles. The summed E-state index contributed by atoms with van der Waals surface area (Å²) in [6.45, 7) is 4.04. The van der Waals surface area contributed by atoms with E-state index in [-0.39, 0.29) is 24.2 Å². The number of hydrogen-bond donors (Lipinski definition) is 1. The summed E-state index contributed by atoms with van der Waals surface area (Å²) in [4.78, 5) is 13.4. The van der Waals surface area contributed by atoms with Gasteiger partial charge in [0.05, 0.1) is 5.00 Å². The Morgan fingerprint density at radius 2 is 2.12 bits per heavy atom. The molecule has 0 saturated carbocycles. The molecule has 1 aliphatic rings. The van der Waals surface area contributed by atoms with Gasteiger partial charge in [-0.2, -0.15) is 0 Å². The standard InChI is InChI=1S/C11H16N2OS.ClH/c1-8-4-7-15-11(8)13-5-2-9(3-6-13)10(12)14;/h4,7,9H,2-3,5-6H2,1H3,(H2,12,14);1H. The van der Waals surface area contributed by atoms with E-state index in [0.29, 0.717) is 0 Å². The van der Waals surface area contributed by atoms with E-state index in [9.17, 15) is 4.79 Å². The zero-order chi connectivity index (χ0) is 10.8. The number of halogens is 1. The van der Waals surface area contributed by atoms with Gasteiger partial charge in [0.25, 0.3) is 0 Å². The van der Waals surface area contributed by atoms with Gasteiger partial charge < -0.3 is 10.6 Å². The van der Waals surface area contributed by atoms with Crippen LogP contribution in [-0.2, 0) is 4.79 Å². The summed E-state index contributed by atoms with van der Waals surface area (Å²) >= 11 is 1.78. The Morgan fingerprint density at radius 1 is 1.50 bits per heavy atom. The van der Waals surface area contributed by atoms with Gasteiger partial charge in [-0.1, -0.05) is 0 Å². The summed E-state index contributed by atoms with van der Waals surface area (Å²) in [6.07, 6.45) is 1.79. The van der Waals surface area contributed by atoms with E-state index in [0.717, 1.165) is 25.9 Å². The predicted octanol–water partition coefficient (Wildman–Crippen LogP) is 2.18. The van der Waals surface area contributed by atoms with Crippen molar-refractivity contribution in [3.05, 3.63) is 17.0 Å². The number of rotatable bonds is 2. The monoisotopic (exact) mass is 260 g/mol. The first-order valence-corrected chi connectivity index (χ1v) is 6.15. The molecule has 0 unspecified atom stereocenters. The number of amides is 1. The van der Waals surface area contributed by atoms with Crippen LogP contribution in [-0.4, -0.2) is 19.0 Å². The molecule has 0 aliphatic carbocycles. The van der Waals surface area contributed by atoms with Gasteiger partial charge in [-0.05, 0) is 36.8 Å². The van der Waals surface area contributed by atoms with Crippen LogP contribution in [0.5, 0.6) is 0 Å². The number of carbonyl (C=O) groups excluding carboxylic acids is 1. The molecule has 16 heavy (non-hydrogen) atoms. The number of anilines is 1. The van der Waals surface area contributed by atoms with Gasteiger partial charge in [0, 0.05) is 19.0 Å². The van der Waals surface area contributed by atoms with Crippen LogP contribution in [0.4, 0.5) is 5.00 Å². The van der Waals surface area contributed by atoms with Gasteiger partial charge in [-0.25, -0.2) is 0 Å². The molecule has 90 valence electrons. The highest BCUT2D eigenvalue weighted by Crippen LogP contribution is 2.30. The number of carbonyl (C=O) groups is 1. The average molecular weight is 261 g/mol. The van der Waals surface area contributed by atoms with Gasteiger partial charge in [0.2, 0.25) is 5.91 Å². The molecule has 2 N–H and O–H groups in total. The smallest absolute Gasteiger partial charge is 0.220 e. The van der Waals surface area contributed by atoms with Crippen molar-refractivity contribution < 1.29 is 4.79 Å². The third-order valence-electron chi connectivity index (χ3n) is 3.02. The van der Waals surface area contributed by atoms with Crippen LogP contribution in [0.3, 0.4) is 0 Å². The minimum atomic E-state index is -0.141. The van der Waals surface area contributed by atoms with Crippen LogP contribution in [0, 0.1) is 12.8 Å². The van der Waals surface area contributed by atoms with E-state index in [1.807, 2.05) is 0 Å². The molecule has 0 spiro atoms. The Labute approximate surface area is 106 Å². The van der Waals surface area contributed by atoms with Crippen molar-refractivity contribution >= 4 is 34.7 Å². The third kappa shape index (κ3) is 2.68. The van der Waals surface area contributed by atoms with Crippen molar-refractivity contribution in [3.8, 4) is 0 Å². The number of thiophene rings is 1. The fraction of sp³-hybridized carbons (Fsp3) is 0.545. The average Bonchev–Trinajstić information content (AvgIpc) is 2.65. The molecule has 5 heteroatoms. The molecular weight excluding hydrogens is 244 g/mol. The fourth-order valence-electron chi connectivity index (χ4n) is 2.06. The van der Waals surface area contributed by atoms with Crippen LogP contribution >= 0.6 is 23.7 Å². The normalized spacial score (nSPS) is 16.9. The van der Waals surface area contributed by atoms with Crippen LogP contribution < -0.4 is 10.6 Å². The first-order chi connectivity index (χ1) is 7.18. The van der Waals surface area contributed by atoms with E-state index in [1.165, 1.54) is 10.6 Å². The molecule has 1 aromatic heterocycles. The van der Waals surface area contributed by atoms with Crippen molar-refractivity contribution in [2.24, 2.45) is 11.7 Å². The highest BCUT2D eigenvalue weighted by Gasteiger charge is 2.24. The highest BCUT2D eigenvalue weighted by molar-refractivity contribution is 7.14. The summed E-state index contributed by atoms with van der Waals surface area (Å²) in [5.41, 5.74) is 6.64. The van der Waals surface area contributed by atoms with E-state index >= 15 is 0 Å². The Hall–Kier alpha value is -0.740. The molecule has 0 radical (unpaired) electrons. The first-order valence-electron chi connectivity index (χ1n) is 5.27. The maximum atomic E-state index is 11.0. The molecule has 1 fully saturated rings. The molecule has 1 saturated heterocycles. The zero-order valence-corrected chi connectivity index (χ0v) is 10.9. The fourth-order valence-corrected chi connectivity index (χ4v) is 3.04.